The molecule has 3 amide bonds. The largest absolute Gasteiger partial charge is 0.396 e. The summed E-state index contributed by atoms with van der Waals surface area (Å²) in [5.74, 6) is -0.794. The number of hydrogen-bond donors (Lipinski definition) is 3. The molecule has 0 aliphatic carbocycles. The van der Waals surface area contributed by atoms with E-state index in [4.69, 9.17) is 0 Å². The van der Waals surface area contributed by atoms with Crippen molar-refractivity contribution in [2.24, 2.45) is 0 Å². The van der Waals surface area contributed by atoms with E-state index in [1.807, 2.05) is 18.2 Å². The van der Waals surface area contributed by atoms with Crippen LogP contribution in [-0.2, 0) is 22.7 Å². The first-order chi connectivity index (χ1) is 13.6. The lowest BCUT2D eigenvalue weighted by Crippen LogP contribution is -2.52. The Balaban J connectivity index is 1.55. The normalized spacial score (nSPS) is 25.8. The molecule has 4 rings (SSSR count). The predicted octanol–water partition coefficient (Wildman–Crippen LogP) is -0.396. The first-order valence-corrected chi connectivity index (χ1v) is 9.89. The molecule has 0 spiro atoms. The van der Waals surface area contributed by atoms with Gasteiger partial charge in [-0.25, -0.2) is 0 Å². The quantitative estimate of drug-likeness (QED) is 0.596. The average Bonchev–Trinajstić information content (AvgIpc) is 3.01. The molecule has 150 valence electrons. The van der Waals surface area contributed by atoms with Gasteiger partial charge in [0, 0.05) is 57.4 Å². The van der Waals surface area contributed by atoms with Crippen molar-refractivity contribution >= 4 is 17.7 Å². The molecule has 3 N–H and O–H groups in total. The maximum absolute atomic E-state index is 13.2. The van der Waals surface area contributed by atoms with Crippen molar-refractivity contribution in [3.8, 4) is 0 Å². The van der Waals surface area contributed by atoms with Gasteiger partial charge in [-0.15, -0.1) is 0 Å². The monoisotopic (exact) mass is 386 g/mol. The summed E-state index contributed by atoms with van der Waals surface area (Å²) in [5, 5.41) is 15.0. The van der Waals surface area contributed by atoms with Crippen molar-refractivity contribution in [3.63, 3.8) is 0 Å². The third-order valence-corrected chi connectivity index (χ3v) is 5.95. The number of nitrogens with zero attached hydrogens (tertiary/aromatic N) is 2. The zero-order valence-electron chi connectivity index (χ0n) is 15.8. The van der Waals surface area contributed by atoms with Gasteiger partial charge in [-0.2, -0.15) is 0 Å². The topological polar surface area (TPSA) is 102 Å². The Morgan fingerprint density at radius 3 is 2.86 bits per heavy atom. The molecule has 8 nitrogen and oxygen atoms in total. The minimum Gasteiger partial charge on any atom is -0.396 e. The maximum atomic E-state index is 13.2. The number of hydrogen-bond acceptors (Lipinski definition) is 6. The smallest absolute Gasteiger partial charge is 0.255 e. The second-order valence-electron chi connectivity index (χ2n) is 7.69. The van der Waals surface area contributed by atoms with Crippen LogP contribution >= 0.6 is 0 Å². The Hall–Kier alpha value is -2.29. The van der Waals surface area contributed by atoms with E-state index in [2.05, 4.69) is 15.5 Å². The number of aliphatic hydroxyl groups is 1. The van der Waals surface area contributed by atoms with E-state index in [1.165, 1.54) is 0 Å². The molecule has 1 aromatic carbocycles. The molecule has 8 heteroatoms. The number of benzene rings is 1. The van der Waals surface area contributed by atoms with E-state index in [1.54, 1.807) is 4.90 Å². The number of fused-ring (bicyclic) bond motifs is 1. The highest BCUT2D eigenvalue weighted by molar-refractivity contribution is 6.05. The molecule has 0 radical (unpaired) electrons. The zero-order chi connectivity index (χ0) is 19.7. The number of carbonyl (C=O) groups excluding carboxylic acids is 3. The van der Waals surface area contributed by atoms with Gasteiger partial charge in [-0.05, 0) is 24.0 Å². The number of carbonyl (C=O) groups is 3. The van der Waals surface area contributed by atoms with Crippen LogP contribution in [0.1, 0.15) is 40.7 Å². The third-order valence-electron chi connectivity index (χ3n) is 5.95. The van der Waals surface area contributed by atoms with Gasteiger partial charge in [0.25, 0.3) is 5.91 Å². The van der Waals surface area contributed by atoms with Crippen molar-refractivity contribution < 1.29 is 19.5 Å². The molecule has 28 heavy (non-hydrogen) atoms. The number of amides is 3. The number of imide groups is 1. The number of aliphatic hydroxyl groups excluding tert-OH is 1. The average molecular weight is 386 g/mol. The Kier molecular flexibility index (Phi) is 5.43. The Bertz CT molecular complexity index is 794. The van der Waals surface area contributed by atoms with Crippen LogP contribution in [-0.4, -0.2) is 71.0 Å². The summed E-state index contributed by atoms with van der Waals surface area (Å²) in [6, 6.07) is 5.51. The third kappa shape index (κ3) is 3.55. The van der Waals surface area contributed by atoms with Crippen molar-refractivity contribution in [1.29, 1.82) is 0 Å². The summed E-state index contributed by atoms with van der Waals surface area (Å²) in [4.78, 5) is 40.8. The van der Waals surface area contributed by atoms with E-state index in [0.717, 1.165) is 30.8 Å². The highest BCUT2D eigenvalue weighted by Gasteiger charge is 2.40. The highest BCUT2D eigenvalue weighted by Crippen LogP contribution is 2.30. The first kappa shape index (κ1) is 19.0. The fourth-order valence-electron chi connectivity index (χ4n) is 4.49. The molecular weight excluding hydrogens is 360 g/mol. The molecule has 2 fully saturated rings. The molecule has 3 aliphatic rings. The van der Waals surface area contributed by atoms with E-state index in [0.29, 0.717) is 31.5 Å². The highest BCUT2D eigenvalue weighted by atomic mass is 16.3. The van der Waals surface area contributed by atoms with E-state index >= 15 is 0 Å². The van der Waals surface area contributed by atoms with Gasteiger partial charge in [-0.1, -0.05) is 18.2 Å². The van der Waals surface area contributed by atoms with E-state index in [9.17, 15) is 19.5 Å². The lowest BCUT2D eigenvalue weighted by Gasteiger charge is -2.36. The van der Waals surface area contributed by atoms with Gasteiger partial charge in [0.15, 0.2) is 0 Å². The number of piperazine rings is 1. The number of piperidine rings is 1. The van der Waals surface area contributed by atoms with Gasteiger partial charge in [-0.3, -0.25) is 24.6 Å². The molecule has 0 bridgehead atoms. The molecule has 2 saturated heterocycles. The molecule has 3 aliphatic heterocycles. The Morgan fingerprint density at radius 1 is 1.21 bits per heavy atom. The van der Waals surface area contributed by atoms with Crippen LogP contribution in [0, 0.1) is 0 Å². The van der Waals surface area contributed by atoms with Gasteiger partial charge in [0.05, 0.1) is 0 Å². The molecule has 0 saturated carbocycles. The van der Waals surface area contributed by atoms with Gasteiger partial charge in [0.2, 0.25) is 11.8 Å². The van der Waals surface area contributed by atoms with Crippen molar-refractivity contribution in [1.82, 2.24) is 20.4 Å². The Labute approximate surface area is 163 Å². The van der Waals surface area contributed by atoms with Crippen LogP contribution < -0.4 is 10.6 Å². The number of nitrogens with one attached hydrogen (secondary N) is 2. The fourth-order valence-corrected chi connectivity index (χ4v) is 4.49. The summed E-state index contributed by atoms with van der Waals surface area (Å²) >= 11 is 0. The Morgan fingerprint density at radius 2 is 2.07 bits per heavy atom. The lowest BCUT2D eigenvalue weighted by atomic mass is 10.0. The van der Waals surface area contributed by atoms with E-state index in [-0.39, 0.29) is 36.8 Å². The molecule has 2 atom stereocenters. The van der Waals surface area contributed by atoms with Crippen molar-refractivity contribution in [2.45, 2.75) is 44.4 Å². The summed E-state index contributed by atoms with van der Waals surface area (Å²) < 4.78 is 0. The maximum Gasteiger partial charge on any atom is 0.255 e. The predicted molar refractivity (Wildman–Crippen MR) is 101 cm³/mol. The van der Waals surface area contributed by atoms with Crippen LogP contribution in [0.3, 0.4) is 0 Å². The van der Waals surface area contributed by atoms with Crippen LogP contribution in [0.4, 0.5) is 0 Å². The SMILES string of the molecule is O=C1CCC(N2Cc3cccc(CN4CCNCC4CCO)c3C2=O)C(=O)N1. The standard InChI is InChI=1S/C20H26N4O4/c25-9-6-15-10-21-7-8-23(15)11-13-2-1-3-14-12-24(20(28)18(13)14)16-4-5-17(26)22-19(16)27/h1-3,15-16,21,25H,4-12H2,(H,22,26,27). The van der Waals surface area contributed by atoms with Gasteiger partial charge in [0.1, 0.15) is 6.04 Å². The summed E-state index contributed by atoms with van der Waals surface area (Å²) in [6.07, 6.45) is 1.32. The molecule has 1 aromatic rings. The fraction of sp³-hybridized carbons (Fsp3) is 0.550. The lowest BCUT2D eigenvalue weighted by molar-refractivity contribution is -0.136. The van der Waals surface area contributed by atoms with E-state index < -0.39 is 6.04 Å². The molecule has 2 unspecified atom stereocenters. The summed E-state index contributed by atoms with van der Waals surface area (Å²) in [5.41, 5.74) is 2.58. The number of rotatable bonds is 5. The molecule has 3 heterocycles. The van der Waals surface area contributed by atoms with Crippen LogP contribution in [0.25, 0.3) is 0 Å². The minimum absolute atomic E-state index is 0.131. The van der Waals surface area contributed by atoms with Crippen LogP contribution in [0.2, 0.25) is 0 Å². The first-order valence-electron chi connectivity index (χ1n) is 9.89. The van der Waals surface area contributed by atoms with Crippen LogP contribution in [0.15, 0.2) is 18.2 Å². The summed E-state index contributed by atoms with van der Waals surface area (Å²) in [6.45, 7) is 3.75. The summed E-state index contributed by atoms with van der Waals surface area (Å²) in [7, 11) is 0. The van der Waals surface area contributed by atoms with Gasteiger partial charge < -0.3 is 15.3 Å². The van der Waals surface area contributed by atoms with Crippen LogP contribution in [0.5, 0.6) is 0 Å². The minimum atomic E-state index is -0.591. The second-order valence-corrected chi connectivity index (χ2v) is 7.69. The second kappa shape index (κ2) is 7.98. The van der Waals surface area contributed by atoms with Gasteiger partial charge >= 0.3 is 0 Å². The molecular formula is C20H26N4O4. The zero-order valence-corrected chi connectivity index (χ0v) is 15.8. The van der Waals surface area contributed by atoms with Crippen molar-refractivity contribution in [3.05, 3.63) is 34.9 Å². The molecule has 0 aromatic heterocycles. The van der Waals surface area contributed by atoms with Crippen molar-refractivity contribution in [2.75, 3.05) is 26.2 Å².